The predicted octanol–water partition coefficient (Wildman–Crippen LogP) is 0.259. The minimum absolute atomic E-state index is 0.0221. The topological polar surface area (TPSA) is 102 Å². The lowest BCUT2D eigenvalue weighted by Gasteiger charge is -2.07. The molecule has 17 heavy (non-hydrogen) atoms. The molecule has 94 valence electrons. The van der Waals surface area contributed by atoms with E-state index in [0.717, 1.165) is 12.8 Å². The molecule has 0 saturated heterocycles. The quantitative estimate of drug-likeness (QED) is 0.738. The Kier molecular flexibility index (Phi) is 4.59. The van der Waals surface area contributed by atoms with Crippen LogP contribution in [0, 0.1) is 0 Å². The first-order chi connectivity index (χ1) is 7.96. The van der Waals surface area contributed by atoms with Gasteiger partial charge in [0.05, 0.1) is 10.5 Å². The third kappa shape index (κ3) is 3.79. The Hall–Kier alpha value is -1.47. The second kappa shape index (κ2) is 5.74. The summed E-state index contributed by atoms with van der Waals surface area (Å²) in [6.07, 6.45) is 4.25. The van der Waals surface area contributed by atoms with Gasteiger partial charge in [-0.3, -0.25) is 9.78 Å². The van der Waals surface area contributed by atoms with Crippen molar-refractivity contribution in [3.8, 4) is 0 Å². The molecule has 0 aromatic carbocycles. The van der Waals surface area contributed by atoms with Crippen molar-refractivity contribution in [2.45, 2.75) is 24.7 Å². The Morgan fingerprint density at radius 3 is 2.82 bits per heavy atom. The third-order valence-corrected chi connectivity index (χ3v) is 3.12. The van der Waals surface area contributed by atoms with Gasteiger partial charge in [0, 0.05) is 18.9 Å². The molecule has 0 radical (unpaired) electrons. The SMILES string of the molecule is CCCCNC(=O)c1cnccc1S(N)(=O)=O. The highest BCUT2D eigenvalue weighted by Crippen LogP contribution is 2.11. The van der Waals surface area contributed by atoms with Gasteiger partial charge in [0.1, 0.15) is 0 Å². The van der Waals surface area contributed by atoms with Crippen LogP contribution in [0.1, 0.15) is 30.1 Å². The zero-order valence-electron chi connectivity index (χ0n) is 9.51. The van der Waals surface area contributed by atoms with E-state index in [-0.39, 0.29) is 10.5 Å². The van der Waals surface area contributed by atoms with Crippen LogP contribution < -0.4 is 10.5 Å². The molecule has 0 atom stereocenters. The van der Waals surface area contributed by atoms with Gasteiger partial charge in [0.25, 0.3) is 5.91 Å². The number of nitrogens with zero attached hydrogens (tertiary/aromatic N) is 1. The first-order valence-corrected chi connectivity index (χ1v) is 6.76. The number of carbonyl (C=O) groups is 1. The molecule has 0 bridgehead atoms. The molecule has 0 saturated carbocycles. The molecule has 0 aliphatic rings. The molecule has 0 unspecified atom stereocenters. The van der Waals surface area contributed by atoms with Crippen LogP contribution in [-0.2, 0) is 10.0 Å². The molecule has 6 nitrogen and oxygen atoms in total. The predicted molar refractivity (Wildman–Crippen MR) is 62.9 cm³/mol. The van der Waals surface area contributed by atoms with Crippen molar-refractivity contribution in [2.24, 2.45) is 5.14 Å². The number of rotatable bonds is 5. The second-order valence-corrected chi connectivity index (χ2v) is 5.06. The minimum atomic E-state index is -3.91. The van der Waals surface area contributed by atoms with Crippen molar-refractivity contribution < 1.29 is 13.2 Å². The van der Waals surface area contributed by atoms with Crippen molar-refractivity contribution in [2.75, 3.05) is 6.54 Å². The van der Waals surface area contributed by atoms with Crippen molar-refractivity contribution in [1.29, 1.82) is 0 Å². The van der Waals surface area contributed by atoms with E-state index in [9.17, 15) is 13.2 Å². The van der Waals surface area contributed by atoms with Crippen molar-refractivity contribution >= 4 is 15.9 Å². The van der Waals surface area contributed by atoms with Crippen LogP contribution in [0.5, 0.6) is 0 Å². The number of pyridine rings is 1. The number of carbonyl (C=O) groups excluding carboxylic acids is 1. The van der Waals surface area contributed by atoms with Gasteiger partial charge < -0.3 is 5.32 Å². The summed E-state index contributed by atoms with van der Waals surface area (Å²) in [5.41, 5.74) is -0.0221. The summed E-state index contributed by atoms with van der Waals surface area (Å²) in [6.45, 7) is 2.49. The Morgan fingerprint density at radius 1 is 1.53 bits per heavy atom. The molecule has 0 spiro atoms. The van der Waals surface area contributed by atoms with E-state index in [0.29, 0.717) is 6.54 Å². The molecule has 1 aromatic heterocycles. The Morgan fingerprint density at radius 2 is 2.24 bits per heavy atom. The Balaban J connectivity index is 2.94. The van der Waals surface area contributed by atoms with Crippen LogP contribution in [0.25, 0.3) is 0 Å². The number of amides is 1. The van der Waals surface area contributed by atoms with Gasteiger partial charge in [0.15, 0.2) is 0 Å². The van der Waals surface area contributed by atoms with Crippen LogP contribution in [-0.4, -0.2) is 25.9 Å². The average molecular weight is 257 g/mol. The average Bonchev–Trinajstić information content (AvgIpc) is 2.28. The van der Waals surface area contributed by atoms with Crippen LogP contribution >= 0.6 is 0 Å². The molecule has 1 aromatic rings. The van der Waals surface area contributed by atoms with Crippen LogP contribution in [0.15, 0.2) is 23.4 Å². The number of sulfonamides is 1. The van der Waals surface area contributed by atoms with Gasteiger partial charge >= 0.3 is 0 Å². The summed E-state index contributed by atoms with van der Waals surface area (Å²) in [6, 6.07) is 1.21. The normalized spacial score (nSPS) is 11.2. The maximum absolute atomic E-state index is 11.7. The number of aromatic nitrogens is 1. The summed E-state index contributed by atoms with van der Waals surface area (Å²) in [5.74, 6) is -0.476. The maximum atomic E-state index is 11.7. The van der Waals surface area contributed by atoms with E-state index in [1.165, 1.54) is 18.5 Å². The summed E-state index contributed by atoms with van der Waals surface area (Å²) in [7, 11) is -3.91. The van der Waals surface area contributed by atoms with E-state index in [1.54, 1.807) is 0 Å². The smallest absolute Gasteiger partial charge is 0.254 e. The van der Waals surface area contributed by atoms with Gasteiger partial charge in [-0.25, -0.2) is 13.6 Å². The Labute approximate surface area is 100 Å². The number of hydrogen-bond acceptors (Lipinski definition) is 4. The Bertz CT molecular complexity index is 499. The van der Waals surface area contributed by atoms with Crippen LogP contribution in [0.4, 0.5) is 0 Å². The molecule has 0 fully saturated rings. The first kappa shape index (κ1) is 13.6. The molecule has 7 heteroatoms. The van der Waals surface area contributed by atoms with E-state index in [4.69, 9.17) is 5.14 Å². The molecule has 1 amide bonds. The van der Waals surface area contributed by atoms with Crippen LogP contribution in [0.2, 0.25) is 0 Å². The standard InChI is InChI=1S/C10H15N3O3S/c1-2-3-5-13-10(14)8-7-12-6-4-9(8)17(11,15)16/h4,6-7H,2-3,5H2,1H3,(H,13,14)(H2,11,15,16). The lowest BCUT2D eigenvalue weighted by Crippen LogP contribution is -2.27. The van der Waals surface area contributed by atoms with E-state index in [1.807, 2.05) is 6.92 Å². The zero-order chi connectivity index (χ0) is 12.9. The molecule has 1 rings (SSSR count). The number of nitrogens with one attached hydrogen (secondary N) is 1. The van der Waals surface area contributed by atoms with Crippen molar-refractivity contribution in [1.82, 2.24) is 10.3 Å². The summed E-state index contributed by atoms with van der Waals surface area (Å²) >= 11 is 0. The molecule has 1 heterocycles. The fourth-order valence-corrected chi connectivity index (χ4v) is 1.98. The molecule has 0 aliphatic carbocycles. The highest BCUT2D eigenvalue weighted by Gasteiger charge is 2.18. The minimum Gasteiger partial charge on any atom is -0.352 e. The number of nitrogens with two attached hydrogens (primary N) is 1. The molecular formula is C10H15N3O3S. The number of primary sulfonamides is 1. The highest BCUT2D eigenvalue weighted by atomic mass is 32.2. The monoisotopic (exact) mass is 257 g/mol. The van der Waals surface area contributed by atoms with Crippen molar-refractivity contribution in [3.05, 3.63) is 24.0 Å². The fourth-order valence-electron chi connectivity index (χ4n) is 1.27. The lowest BCUT2D eigenvalue weighted by molar-refractivity contribution is 0.0949. The van der Waals surface area contributed by atoms with Crippen molar-refractivity contribution in [3.63, 3.8) is 0 Å². The van der Waals surface area contributed by atoms with Gasteiger partial charge in [0.2, 0.25) is 10.0 Å². The highest BCUT2D eigenvalue weighted by molar-refractivity contribution is 7.89. The van der Waals surface area contributed by atoms with Gasteiger partial charge in [-0.2, -0.15) is 0 Å². The van der Waals surface area contributed by atoms with E-state index in [2.05, 4.69) is 10.3 Å². The second-order valence-electron chi connectivity index (χ2n) is 3.53. The fraction of sp³-hybridized carbons (Fsp3) is 0.400. The molecular weight excluding hydrogens is 242 g/mol. The molecule has 0 aliphatic heterocycles. The van der Waals surface area contributed by atoms with Gasteiger partial charge in [-0.1, -0.05) is 13.3 Å². The van der Waals surface area contributed by atoms with Gasteiger partial charge in [-0.05, 0) is 12.5 Å². The van der Waals surface area contributed by atoms with E-state index >= 15 is 0 Å². The number of hydrogen-bond donors (Lipinski definition) is 2. The first-order valence-electron chi connectivity index (χ1n) is 5.22. The van der Waals surface area contributed by atoms with E-state index < -0.39 is 15.9 Å². The number of unbranched alkanes of at least 4 members (excludes halogenated alkanes) is 1. The van der Waals surface area contributed by atoms with Gasteiger partial charge in [-0.15, -0.1) is 0 Å². The largest absolute Gasteiger partial charge is 0.352 e. The summed E-state index contributed by atoms with van der Waals surface area (Å²) in [5, 5.41) is 7.63. The zero-order valence-corrected chi connectivity index (χ0v) is 10.3. The third-order valence-electron chi connectivity index (χ3n) is 2.15. The lowest BCUT2D eigenvalue weighted by atomic mass is 10.2. The summed E-state index contributed by atoms with van der Waals surface area (Å²) in [4.78, 5) is 15.2. The molecule has 3 N–H and O–H groups in total. The van der Waals surface area contributed by atoms with Crippen LogP contribution in [0.3, 0.4) is 0 Å². The maximum Gasteiger partial charge on any atom is 0.254 e. The summed E-state index contributed by atoms with van der Waals surface area (Å²) < 4.78 is 22.5.